The Morgan fingerprint density at radius 2 is 2.12 bits per heavy atom. The van der Waals surface area contributed by atoms with Crippen LogP contribution in [-0.4, -0.2) is 73.7 Å². The Morgan fingerprint density at radius 1 is 1.41 bits per heavy atom. The van der Waals surface area contributed by atoms with Gasteiger partial charge in [0.2, 0.25) is 0 Å². The van der Waals surface area contributed by atoms with Crippen LogP contribution in [0.4, 0.5) is 0 Å². The maximum atomic E-state index is 11.4. The van der Waals surface area contributed by atoms with Crippen molar-refractivity contribution in [3.8, 4) is 0 Å². The lowest BCUT2D eigenvalue weighted by molar-refractivity contribution is -0.144. The Balaban J connectivity index is 1.86. The molecule has 0 aliphatic carbocycles. The zero-order valence-corrected chi connectivity index (χ0v) is 10.6. The van der Waals surface area contributed by atoms with E-state index in [0.717, 1.165) is 52.2 Å². The summed E-state index contributed by atoms with van der Waals surface area (Å²) >= 11 is 0. The van der Waals surface area contributed by atoms with Gasteiger partial charge in [0.05, 0.1) is 5.92 Å². The number of rotatable bonds is 4. The van der Waals surface area contributed by atoms with E-state index in [-0.39, 0.29) is 5.92 Å². The number of carboxylic acids is 1. The fourth-order valence-corrected chi connectivity index (χ4v) is 2.76. The molecule has 0 saturated carbocycles. The molecule has 2 N–H and O–H groups in total. The molecule has 98 valence electrons. The zero-order chi connectivity index (χ0) is 12.3. The van der Waals surface area contributed by atoms with Crippen molar-refractivity contribution in [3.05, 3.63) is 0 Å². The van der Waals surface area contributed by atoms with E-state index in [9.17, 15) is 9.90 Å². The maximum Gasteiger partial charge on any atom is 0.308 e. The Kier molecular flexibility index (Phi) is 4.36. The summed E-state index contributed by atoms with van der Waals surface area (Å²) in [6.45, 7) is 6.66. The van der Waals surface area contributed by atoms with Crippen molar-refractivity contribution < 1.29 is 9.90 Å². The maximum absolute atomic E-state index is 11.4. The van der Waals surface area contributed by atoms with E-state index in [4.69, 9.17) is 0 Å². The minimum absolute atomic E-state index is 0.201. The summed E-state index contributed by atoms with van der Waals surface area (Å²) in [5.74, 6) is -0.516. The molecule has 0 spiro atoms. The van der Waals surface area contributed by atoms with Gasteiger partial charge in [0.15, 0.2) is 0 Å². The molecule has 2 unspecified atom stereocenters. The van der Waals surface area contributed by atoms with Gasteiger partial charge in [0.1, 0.15) is 0 Å². The van der Waals surface area contributed by atoms with E-state index in [1.165, 1.54) is 0 Å². The summed E-state index contributed by atoms with van der Waals surface area (Å²) in [6, 6.07) is 0. The third kappa shape index (κ3) is 3.40. The van der Waals surface area contributed by atoms with Gasteiger partial charge >= 0.3 is 5.97 Å². The summed E-state index contributed by atoms with van der Waals surface area (Å²) in [5.41, 5.74) is 0. The van der Waals surface area contributed by atoms with Gasteiger partial charge in [-0.25, -0.2) is 0 Å². The Morgan fingerprint density at radius 3 is 2.65 bits per heavy atom. The molecule has 2 aliphatic heterocycles. The van der Waals surface area contributed by atoms with E-state index in [1.807, 2.05) is 0 Å². The molecule has 2 rings (SSSR count). The van der Waals surface area contributed by atoms with E-state index in [0.29, 0.717) is 5.92 Å². The van der Waals surface area contributed by atoms with Crippen molar-refractivity contribution in [2.45, 2.75) is 6.42 Å². The zero-order valence-electron chi connectivity index (χ0n) is 10.6. The molecule has 5 nitrogen and oxygen atoms in total. The van der Waals surface area contributed by atoms with Crippen molar-refractivity contribution in [2.75, 3.05) is 52.9 Å². The predicted molar refractivity (Wildman–Crippen MR) is 66.0 cm³/mol. The van der Waals surface area contributed by atoms with Crippen molar-refractivity contribution in [3.63, 3.8) is 0 Å². The number of nitrogens with zero attached hydrogens (tertiary/aromatic N) is 2. The third-order valence-electron chi connectivity index (χ3n) is 4.04. The number of hydrogen-bond acceptors (Lipinski definition) is 4. The minimum atomic E-state index is -0.627. The first kappa shape index (κ1) is 12.8. The van der Waals surface area contributed by atoms with Crippen LogP contribution in [0.5, 0.6) is 0 Å². The molecule has 2 aliphatic rings. The normalized spacial score (nSPS) is 29.4. The highest BCUT2D eigenvalue weighted by atomic mass is 16.4. The summed E-state index contributed by atoms with van der Waals surface area (Å²) < 4.78 is 0. The average molecular weight is 241 g/mol. The number of likely N-dealkylation sites (N-methyl/N-ethyl adjacent to an activating group) is 1. The third-order valence-corrected chi connectivity index (χ3v) is 4.04. The Bertz CT molecular complexity index is 258. The average Bonchev–Trinajstić information content (AvgIpc) is 2.81. The van der Waals surface area contributed by atoms with E-state index < -0.39 is 5.97 Å². The lowest BCUT2D eigenvalue weighted by Gasteiger charge is -2.34. The van der Waals surface area contributed by atoms with Crippen LogP contribution in [0.2, 0.25) is 0 Å². The van der Waals surface area contributed by atoms with Crippen LogP contribution in [0, 0.1) is 11.8 Å². The fraction of sp³-hybridized carbons (Fsp3) is 0.917. The monoisotopic (exact) mass is 241 g/mol. The van der Waals surface area contributed by atoms with Crippen LogP contribution in [0.15, 0.2) is 0 Å². The number of aliphatic carboxylic acids is 1. The topological polar surface area (TPSA) is 55.8 Å². The van der Waals surface area contributed by atoms with Crippen LogP contribution >= 0.6 is 0 Å². The highest BCUT2D eigenvalue weighted by Gasteiger charge is 2.32. The summed E-state index contributed by atoms with van der Waals surface area (Å²) in [5, 5.41) is 12.6. The van der Waals surface area contributed by atoms with Gasteiger partial charge < -0.3 is 15.3 Å². The highest BCUT2D eigenvalue weighted by Crippen LogP contribution is 2.21. The molecule has 0 bridgehead atoms. The van der Waals surface area contributed by atoms with Gasteiger partial charge in [0.25, 0.3) is 0 Å². The van der Waals surface area contributed by atoms with Gasteiger partial charge in [-0.3, -0.25) is 9.69 Å². The first-order valence-corrected chi connectivity index (χ1v) is 6.51. The number of hydrogen-bond donors (Lipinski definition) is 2. The largest absolute Gasteiger partial charge is 0.481 e. The van der Waals surface area contributed by atoms with Crippen LogP contribution in [0.25, 0.3) is 0 Å². The van der Waals surface area contributed by atoms with Crippen LogP contribution in [0.1, 0.15) is 6.42 Å². The van der Waals surface area contributed by atoms with Gasteiger partial charge in [-0.1, -0.05) is 0 Å². The van der Waals surface area contributed by atoms with Gasteiger partial charge in [-0.15, -0.1) is 0 Å². The predicted octanol–water partition coefficient (Wildman–Crippen LogP) is -0.456. The molecule has 17 heavy (non-hydrogen) atoms. The van der Waals surface area contributed by atoms with Crippen molar-refractivity contribution in [2.24, 2.45) is 11.8 Å². The van der Waals surface area contributed by atoms with E-state index in [2.05, 4.69) is 22.2 Å². The van der Waals surface area contributed by atoms with E-state index in [1.54, 1.807) is 0 Å². The van der Waals surface area contributed by atoms with Gasteiger partial charge in [-0.2, -0.15) is 0 Å². The molecule has 5 heteroatoms. The second-order valence-corrected chi connectivity index (χ2v) is 5.30. The smallest absolute Gasteiger partial charge is 0.308 e. The molecule has 2 heterocycles. The number of carbonyl (C=O) groups is 1. The van der Waals surface area contributed by atoms with Crippen LogP contribution in [0.3, 0.4) is 0 Å². The molecule has 2 saturated heterocycles. The molecular weight excluding hydrogens is 218 g/mol. The SMILES string of the molecule is CN1CCN(CC(C(=O)O)C2CCNC2)CC1. The molecule has 0 amide bonds. The summed E-state index contributed by atoms with van der Waals surface area (Å²) in [7, 11) is 2.12. The summed E-state index contributed by atoms with van der Waals surface area (Å²) in [4.78, 5) is 16.0. The molecule has 0 aromatic rings. The lowest BCUT2D eigenvalue weighted by Crippen LogP contribution is -2.48. The molecule has 0 radical (unpaired) electrons. The lowest BCUT2D eigenvalue weighted by atomic mass is 9.91. The van der Waals surface area contributed by atoms with Gasteiger partial charge in [-0.05, 0) is 32.5 Å². The van der Waals surface area contributed by atoms with Crippen molar-refractivity contribution in [1.29, 1.82) is 0 Å². The fourth-order valence-electron chi connectivity index (χ4n) is 2.76. The molecular formula is C12H23N3O2. The number of carboxylic acid groups (broad SMARTS) is 1. The molecule has 2 atom stereocenters. The van der Waals surface area contributed by atoms with Crippen molar-refractivity contribution >= 4 is 5.97 Å². The molecule has 2 fully saturated rings. The Labute approximate surface area is 103 Å². The highest BCUT2D eigenvalue weighted by molar-refractivity contribution is 5.70. The van der Waals surface area contributed by atoms with E-state index >= 15 is 0 Å². The number of piperazine rings is 1. The quantitative estimate of drug-likeness (QED) is 0.698. The number of nitrogens with one attached hydrogen (secondary N) is 1. The Hall–Kier alpha value is -0.650. The van der Waals surface area contributed by atoms with Gasteiger partial charge in [0, 0.05) is 32.7 Å². The second kappa shape index (κ2) is 5.80. The standard InChI is InChI=1S/C12H23N3O2/c1-14-4-6-15(7-5-14)9-11(12(16)17)10-2-3-13-8-10/h10-11,13H,2-9H2,1H3,(H,16,17). The second-order valence-electron chi connectivity index (χ2n) is 5.30. The van der Waals surface area contributed by atoms with Crippen LogP contribution in [-0.2, 0) is 4.79 Å². The summed E-state index contributed by atoms with van der Waals surface area (Å²) in [6.07, 6.45) is 1.00. The first-order chi connectivity index (χ1) is 8.16. The first-order valence-electron chi connectivity index (χ1n) is 6.51. The molecule has 0 aromatic carbocycles. The minimum Gasteiger partial charge on any atom is -0.481 e. The van der Waals surface area contributed by atoms with Crippen molar-refractivity contribution in [1.82, 2.24) is 15.1 Å². The molecule has 0 aromatic heterocycles. The van der Waals surface area contributed by atoms with Crippen LogP contribution < -0.4 is 5.32 Å².